The number of nitrogens with one attached hydrogen (secondary N) is 1. The molecule has 14 heavy (non-hydrogen) atoms. The summed E-state index contributed by atoms with van der Waals surface area (Å²) in [7, 11) is 0. The van der Waals surface area contributed by atoms with Crippen molar-refractivity contribution in [2.75, 3.05) is 0 Å². The molecule has 3 heteroatoms. The van der Waals surface area contributed by atoms with E-state index in [0.717, 1.165) is 12.8 Å². The molecule has 1 aliphatic rings. The van der Waals surface area contributed by atoms with Crippen LogP contribution in [0.15, 0.2) is 30.3 Å². The predicted molar refractivity (Wildman–Crippen MR) is 53.0 cm³/mol. The van der Waals surface area contributed by atoms with Crippen LogP contribution in [0.1, 0.15) is 24.4 Å². The second-order valence-electron chi connectivity index (χ2n) is 3.60. The van der Waals surface area contributed by atoms with Gasteiger partial charge in [-0.25, -0.2) is 0 Å². The minimum atomic E-state index is -0.747. The van der Waals surface area contributed by atoms with Gasteiger partial charge in [0.2, 0.25) is 0 Å². The minimum absolute atomic E-state index is 0.206. The second-order valence-corrected chi connectivity index (χ2v) is 3.60. The fourth-order valence-electron chi connectivity index (χ4n) is 1.89. The third kappa shape index (κ3) is 1.77. The Labute approximate surface area is 82.8 Å². The van der Waals surface area contributed by atoms with Gasteiger partial charge >= 0.3 is 5.97 Å². The van der Waals surface area contributed by atoms with Crippen molar-refractivity contribution >= 4 is 5.97 Å². The molecule has 0 amide bonds. The SMILES string of the molecule is O=C(O)[C@@H]1CCC(c2ccccc2)N1. The Morgan fingerprint density at radius 1 is 1.29 bits per heavy atom. The van der Waals surface area contributed by atoms with E-state index in [2.05, 4.69) is 5.32 Å². The molecule has 0 aromatic heterocycles. The van der Waals surface area contributed by atoms with Crippen molar-refractivity contribution in [2.45, 2.75) is 24.9 Å². The summed E-state index contributed by atoms with van der Waals surface area (Å²) in [6, 6.07) is 9.81. The summed E-state index contributed by atoms with van der Waals surface area (Å²) in [5, 5.41) is 11.9. The van der Waals surface area contributed by atoms with Gasteiger partial charge in [0, 0.05) is 6.04 Å². The molecule has 3 nitrogen and oxygen atoms in total. The Morgan fingerprint density at radius 2 is 2.00 bits per heavy atom. The number of aliphatic carboxylic acids is 1. The smallest absolute Gasteiger partial charge is 0.320 e. The summed E-state index contributed by atoms with van der Waals surface area (Å²) in [4.78, 5) is 10.7. The van der Waals surface area contributed by atoms with Gasteiger partial charge < -0.3 is 5.11 Å². The van der Waals surface area contributed by atoms with E-state index in [0.29, 0.717) is 0 Å². The van der Waals surface area contributed by atoms with Gasteiger partial charge in [-0.3, -0.25) is 10.1 Å². The monoisotopic (exact) mass is 191 g/mol. The third-order valence-electron chi connectivity index (χ3n) is 2.65. The van der Waals surface area contributed by atoms with Crippen LogP contribution in [0.5, 0.6) is 0 Å². The molecule has 1 unspecified atom stereocenters. The Kier molecular flexibility index (Phi) is 2.50. The zero-order chi connectivity index (χ0) is 9.97. The lowest BCUT2D eigenvalue weighted by Crippen LogP contribution is -2.31. The largest absolute Gasteiger partial charge is 0.480 e. The summed E-state index contributed by atoms with van der Waals surface area (Å²) in [5.74, 6) is -0.747. The molecule has 1 aromatic carbocycles. The topological polar surface area (TPSA) is 49.3 Å². The number of carbonyl (C=O) groups is 1. The Balaban J connectivity index is 2.06. The lowest BCUT2D eigenvalue weighted by Gasteiger charge is -2.11. The molecule has 74 valence electrons. The van der Waals surface area contributed by atoms with E-state index in [1.165, 1.54) is 5.56 Å². The van der Waals surface area contributed by atoms with Crippen LogP contribution in [0, 0.1) is 0 Å². The van der Waals surface area contributed by atoms with Crippen LogP contribution in [0.25, 0.3) is 0 Å². The zero-order valence-corrected chi connectivity index (χ0v) is 7.81. The van der Waals surface area contributed by atoms with Gasteiger partial charge in [-0.15, -0.1) is 0 Å². The molecule has 1 heterocycles. The maximum atomic E-state index is 10.7. The van der Waals surface area contributed by atoms with E-state index in [9.17, 15) is 4.79 Å². The molecule has 0 bridgehead atoms. The van der Waals surface area contributed by atoms with Crippen LogP contribution in [0.3, 0.4) is 0 Å². The van der Waals surface area contributed by atoms with Gasteiger partial charge in [-0.1, -0.05) is 30.3 Å². The fraction of sp³-hybridized carbons (Fsp3) is 0.364. The van der Waals surface area contributed by atoms with Crippen LogP contribution in [-0.4, -0.2) is 17.1 Å². The molecule has 1 saturated heterocycles. The van der Waals surface area contributed by atoms with Crippen LogP contribution < -0.4 is 5.32 Å². The fourth-order valence-corrected chi connectivity index (χ4v) is 1.89. The highest BCUT2D eigenvalue weighted by Crippen LogP contribution is 2.26. The van der Waals surface area contributed by atoms with Gasteiger partial charge in [0.15, 0.2) is 0 Å². The molecule has 0 radical (unpaired) electrons. The molecule has 2 N–H and O–H groups in total. The highest BCUT2D eigenvalue weighted by Gasteiger charge is 2.29. The summed E-state index contributed by atoms with van der Waals surface area (Å²) in [5.41, 5.74) is 1.18. The van der Waals surface area contributed by atoms with E-state index in [4.69, 9.17) is 5.11 Å². The van der Waals surface area contributed by atoms with E-state index in [-0.39, 0.29) is 12.1 Å². The first-order chi connectivity index (χ1) is 6.77. The van der Waals surface area contributed by atoms with Crippen molar-refractivity contribution in [2.24, 2.45) is 0 Å². The normalized spacial score (nSPS) is 26.3. The molecule has 1 fully saturated rings. The highest BCUT2D eigenvalue weighted by atomic mass is 16.4. The lowest BCUT2D eigenvalue weighted by atomic mass is 10.1. The summed E-state index contributed by atoms with van der Waals surface area (Å²) in [6.07, 6.45) is 1.62. The maximum absolute atomic E-state index is 10.7. The number of carboxylic acid groups (broad SMARTS) is 1. The maximum Gasteiger partial charge on any atom is 0.320 e. The average molecular weight is 191 g/mol. The standard InChI is InChI=1S/C11H13NO2/c13-11(14)10-7-6-9(12-10)8-4-2-1-3-5-8/h1-5,9-10,12H,6-7H2,(H,13,14)/t9?,10-/m0/s1. The molecular formula is C11H13NO2. The van der Waals surface area contributed by atoms with Crippen LogP contribution in [0.2, 0.25) is 0 Å². The number of benzene rings is 1. The average Bonchev–Trinajstić information content (AvgIpc) is 2.68. The summed E-state index contributed by atoms with van der Waals surface area (Å²) >= 11 is 0. The Morgan fingerprint density at radius 3 is 2.57 bits per heavy atom. The highest BCUT2D eigenvalue weighted by molar-refractivity contribution is 5.73. The Hall–Kier alpha value is -1.35. The van der Waals surface area contributed by atoms with Gasteiger partial charge in [0.1, 0.15) is 6.04 Å². The van der Waals surface area contributed by atoms with Crippen molar-refractivity contribution in [1.29, 1.82) is 0 Å². The van der Waals surface area contributed by atoms with Gasteiger partial charge in [-0.05, 0) is 18.4 Å². The zero-order valence-electron chi connectivity index (χ0n) is 7.81. The third-order valence-corrected chi connectivity index (χ3v) is 2.65. The quantitative estimate of drug-likeness (QED) is 0.746. The molecule has 0 spiro atoms. The predicted octanol–water partition coefficient (Wildman–Crippen LogP) is 1.56. The van der Waals surface area contributed by atoms with E-state index in [1.54, 1.807) is 0 Å². The van der Waals surface area contributed by atoms with Crippen LogP contribution in [-0.2, 0) is 4.79 Å². The van der Waals surface area contributed by atoms with Crippen LogP contribution >= 0.6 is 0 Å². The first-order valence-electron chi connectivity index (χ1n) is 4.81. The molecule has 0 saturated carbocycles. The summed E-state index contributed by atoms with van der Waals surface area (Å²) in [6.45, 7) is 0. The molecule has 0 aliphatic carbocycles. The van der Waals surface area contributed by atoms with E-state index >= 15 is 0 Å². The number of hydrogen-bond donors (Lipinski definition) is 2. The lowest BCUT2D eigenvalue weighted by molar-refractivity contribution is -0.139. The molecule has 1 aliphatic heterocycles. The van der Waals surface area contributed by atoms with Gasteiger partial charge in [-0.2, -0.15) is 0 Å². The first kappa shape index (κ1) is 9.21. The number of hydrogen-bond acceptors (Lipinski definition) is 2. The van der Waals surface area contributed by atoms with Crippen molar-refractivity contribution in [3.05, 3.63) is 35.9 Å². The molecular weight excluding hydrogens is 178 g/mol. The number of carboxylic acids is 1. The van der Waals surface area contributed by atoms with Gasteiger partial charge in [0.25, 0.3) is 0 Å². The molecule has 1 aromatic rings. The minimum Gasteiger partial charge on any atom is -0.480 e. The second kappa shape index (κ2) is 3.80. The van der Waals surface area contributed by atoms with Crippen molar-refractivity contribution in [3.8, 4) is 0 Å². The van der Waals surface area contributed by atoms with Crippen molar-refractivity contribution in [1.82, 2.24) is 5.32 Å². The van der Waals surface area contributed by atoms with Crippen molar-refractivity contribution in [3.63, 3.8) is 0 Å². The summed E-state index contributed by atoms with van der Waals surface area (Å²) < 4.78 is 0. The van der Waals surface area contributed by atoms with E-state index in [1.807, 2.05) is 30.3 Å². The Bertz CT molecular complexity index is 323. The molecule has 2 rings (SSSR count). The van der Waals surface area contributed by atoms with E-state index < -0.39 is 5.97 Å². The molecule has 2 atom stereocenters. The number of rotatable bonds is 2. The first-order valence-corrected chi connectivity index (χ1v) is 4.81. The van der Waals surface area contributed by atoms with Crippen LogP contribution in [0.4, 0.5) is 0 Å². The van der Waals surface area contributed by atoms with Gasteiger partial charge in [0.05, 0.1) is 0 Å². The van der Waals surface area contributed by atoms with Crippen molar-refractivity contribution < 1.29 is 9.90 Å².